The number of pyridine rings is 1. The summed E-state index contributed by atoms with van der Waals surface area (Å²) in [4.78, 5) is 26.9. The monoisotopic (exact) mass is 402 g/mol. The number of carbonyl (C=O) groups excluding carboxylic acids is 1. The fraction of sp³-hybridized carbons (Fsp3) is 0.238. The molecule has 1 amide bonds. The first kappa shape index (κ1) is 18.6. The van der Waals surface area contributed by atoms with Crippen LogP contribution in [-0.4, -0.2) is 34.6 Å². The molecule has 0 saturated carbocycles. The quantitative estimate of drug-likeness (QED) is 0.663. The van der Waals surface area contributed by atoms with Crippen LogP contribution in [0.3, 0.4) is 0 Å². The Morgan fingerprint density at radius 3 is 2.75 bits per heavy atom. The van der Waals surface area contributed by atoms with Gasteiger partial charge in [0.2, 0.25) is 5.91 Å². The number of benzene rings is 2. The van der Waals surface area contributed by atoms with Gasteiger partial charge in [-0.15, -0.1) is 0 Å². The summed E-state index contributed by atoms with van der Waals surface area (Å²) in [6, 6.07) is 11.4. The standard InChI is InChI=1S/C21H17ClF2N2O2/c22-17-5-4-14(10-18(17)24)16-3-1-2-13-6-8-26(21(28)20(13)16)12-19(27)25-9-7-15(23)11-25/h1-6,8,10,15H,7,9,11-12H2. The highest BCUT2D eigenvalue weighted by Gasteiger charge is 2.26. The van der Waals surface area contributed by atoms with Gasteiger partial charge in [0.15, 0.2) is 0 Å². The van der Waals surface area contributed by atoms with Crippen LogP contribution in [0.4, 0.5) is 8.78 Å². The minimum absolute atomic E-state index is 0.00350. The number of hydrogen-bond acceptors (Lipinski definition) is 2. The van der Waals surface area contributed by atoms with Crippen LogP contribution >= 0.6 is 11.6 Å². The Balaban J connectivity index is 1.76. The van der Waals surface area contributed by atoms with E-state index in [1.54, 1.807) is 36.5 Å². The molecule has 1 atom stereocenters. The van der Waals surface area contributed by atoms with Gasteiger partial charge in [0.1, 0.15) is 18.5 Å². The van der Waals surface area contributed by atoms with Crippen molar-refractivity contribution in [3.63, 3.8) is 0 Å². The van der Waals surface area contributed by atoms with Crippen molar-refractivity contribution in [2.24, 2.45) is 0 Å². The highest BCUT2D eigenvalue weighted by atomic mass is 35.5. The van der Waals surface area contributed by atoms with Gasteiger partial charge in [0.05, 0.1) is 17.0 Å². The molecule has 1 unspecified atom stereocenters. The van der Waals surface area contributed by atoms with Crippen LogP contribution in [0.25, 0.3) is 21.9 Å². The smallest absolute Gasteiger partial charge is 0.259 e. The molecule has 1 aliphatic heterocycles. The van der Waals surface area contributed by atoms with Crippen molar-refractivity contribution < 1.29 is 13.6 Å². The number of fused-ring (bicyclic) bond motifs is 1. The molecule has 144 valence electrons. The van der Waals surface area contributed by atoms with Gasteiger partial charge in [-0.3, -0.25) is 9.59 Å². The third-order valence-electron chi connectivity index (χ3n) is 5.03. The van der Waals surface area contributed by atoms with Crippen LogP contribution in [0.5, 0.6) is 0 Å². The van der Waals surface area contributed by atoms with Crippen molar-refractivity contribution in [3.05, 3.63) is 69.9 Å². The zero-order chi connectivity index (χ0) is 19.8. The van der Waals surface area contributed by atoms with E-state index in [2.05, 4.69) is 0 Å². The van der Waals surface area contributed by atoms with Gasteiger partial charge < -0.3 is 9.47 Å². The molecule has 4 nitrogen and oxygen atoms in total. The lowest BCUT2D eigenvalue weighted by atomic mass is 9.99. The van der Waals surface area contributed by atoms with Gasteiger partial charge >= 0.3 is 0 Å². The summed E-state index contributed by atoms with van der Waals surface area (Å²) in [6.07, 6.45) is 0.867. The molecule has 1 aromatic heterocycles. The number of rotatable bonds is 3. The number of halogens is 3. The average Bonchev–Trinajstić information content (AvgIpc) is 3.12. The molecule has 2 aromatic carbocycles. The summed E-state index contributed by atoms with van der Waals surface area (Å²) in [7, 11) is 0. The maximum Gasteiger partial charge on any atom is 0.259 e. The Morgan fingerprint density at radius 1 is 1.21 bits per heavy atom. The van der Waals surface area contributed by atoms with Crippen molar-refractivity contribution >= 4 is 28.3 Å². The van der Waals surface area contributed by atoms with E-state index in [1.807, 2.05) is 0 Å². The third-order valence-corrected chi connectivity index (χ3v) is 5.33. The molecule has 4 rings (SSSR count). The maximum atomic E-state index is 13.9. The largest absolute Gasteiger partial charge is 0.338 e. The molecule has 3 aromatic rings. The lowest BCUT2D eigenvalue weighted by Gasteiger charge is -2.16. The van der Waals surface area contributed by atoms with Crippen molar-refractivity contribution in [1.29, 1.82) is 0 Å². The molecule has 0 aliphatic carbocycles. The van der Waals surface area contributed by atoms with Gasteiger partial charge in [0.25, 0.3) is 5.56 Å². The molecular weight excluding hydrogens is 386 g/mol. The molecular formula is C21H17ClF2N2O2. The Labute approximate surface area is 165 Å². The number of alkyl halides is 1. The minimum Gasteiger partial charge on any atom is -0.338 e. The number of aromatic nitrogens is 1. The fourth-order valence-electron chi connectivity index (χ4n) is 3.55. The second kappa shape index (κ2) is 7.36. The van der Waals surface area contributed by atoms with E-state index in [0.29, 0.717) is 34.9 Å². The van der Waals surface area contributed by atoms with Crippen LogP contribution in [-0.2, 0) is 11.3 Å². The zero-order valence-electron chi connectivity index (χ0n) is 14.9. The predicted molar refractivity (Wildman–Crippen MR) is 105 cm³/mol. The van der Waals surface area contributed by atoms with E-state index >= 15 is 0 Å². The van der Waals surface area contributed by atoms with Gasteiger partial charge in [-0.1, -0.05) is 35.9 Å². The molecule has 7 heteroatoms. The molecule has 1 aliphatic rings. The van der Waals surface area contributed by atoms with E-state index in [0.717, 1.165) is 0 Å². The van der Waals surface area contributed by atoms with E-state index in [4.69, 9.17) is 11.6 Å². The van der Waals surface area contributed by atoms with E-state index in [9.17, 15) is 18.4 Å². The summed E-state index contributed by atoms with van der Waals surface area (Å²) < 4.78 is 28.6. The summed E-state index contributed by atoms with van der Waals surface area (Å²) >= 11 is 5.76. The number of nitrogens with zero attached hydrogens (tertiary/aromatic N) is 2. The van der Waals surface area contributed by atoms with Crippen LogP contribution in [0.2, 0.25) is 5.02 Å². The Morgan fingerprint density at radius 2 is 2.04 bits per heavy atom. The van der Waals surface area contributed by atoms with Gasteiger partial charge in [0, 0.05) is 12.7 Å². The second-order valence-corrected chi connectivity index (χ2v) is 7.28. The van der Waals surface area contributed by atoms with Crippen LogP contribution in [0, 0.1) is 5.82 Å². The highest BCUT2D eigenvalue weighted by Crippen LogP contribution is 2.29. The van der Waals surface area contributed by atoms with Gasteiger partial charge in [-0.05, 0) is 41.1 Å². The Kier molecular flexibility index (Phi) is 4.89. The second-order valence-electron chi connectivity index (χ2n) is 6.87. The van der Waals surface area contributed by atoms with Crippen LogP contribution in [0.1, 0.15) is 6.42 Å². The molecule has 0 radical (unpaired) electrons. The maximum absolute atomic E-state index is 13.9. The SMILES string of the molecule is O=C(Cn1ccc2cccc(-c3ccc(Cl)c(F)c3)c2c1=O)N1CCC(F)C1. The van der Waals surface area contributed by atoms with Crippen molar-refractivity contribution in [1.82, 2.24) is 9.47 Å². The minimum atomic E-state index is -1.01. The van der Waals surface area contributed by atoms with E-state index in [1.165, 1.54) is 21.6 Å². The first-order valence-corrected chi connectivity index (χ1v) is 9.31. The van der Waals surface area contributed by atoms with Crippen molar-refractivity contribution in [2.45, 2.75) is 19.1 Å². The lowest BCUT2D eigenvalue weighted by molar-refractivity contribution is -0.131. The van der Waals surface area contributed by atoms with Gasteiger partial charge in [-0.25, -0.2) is 8.78 Å². The Bertz CT molecular complexity index is 1130. The van der Waals surface area contributed by atoms with Crippen LogP contribution < -0.4 is 5.56 Å². The summed E-state index contributed by atoms with van der Waals surface area (Å²) in [5, 5.41) is 1.08. The molecule has 0 spiro atoms. The number of carbonyl (C=O) groups is 1. The highest BCUT2D eigenvalue weighted by molar-refractivity contribution is 6.30. The first-order chi connectivity index (χ1) is 13.4. The third kappa shape index (κ3) is 3.40. The first-order valence-electron chi connectivity index (χ1n) is 8.93. The number of amides is 1. The number of hydrogen-bond donors (Lipinski definition) is 0. The van der Waals surface area contributed by atoms with Crippen molar-refractivity contribution in [2.75, 3.05) is 13.1 Å². The molecule has 1 fully saturated rings. The summed E-state index contributed by atoms with van der Waals surface area (Å²) in [5.41, 5.74) is 0.728. The number of likely N-dealkylation sites (tertiary alicyclic amines) is 1. The normalized spacial score (nSPS) is 16.7. The summed E-state index contributed by atoms with van der Waals surface area (Å²) in [6.45, 7) is 0.263. The lowest BCUT2D eigenvalue weighted by Crippen LogP contribution is -2.35. The van der Waals surface area contributed by atoms with E-state index < -0.39 is 12.0 Å². The molecule has 1 saturated heterocycles. The molecule has 0 N–H and O–H groups in total. The molecule has 2 heterocycles. The van der Waals surface area contributed by atoms with E-state index in [-0.39, 0.29) is 29.6 Å². The molecule has 0 bridgehead atoms. The zero-order valence-corrected chi connectivity index (χ0v) is 15.6. The topological polar surface area (TPSA) is 42.3 Å². The van der Waals surface area contributed by atoms with Gasteiger partial charge in [-0.2, -0.15) is 0 Å². The predicted octanol–water partition coefficient (Wildman–Crippen LogP) is 4.03. The fourth-order valence-corrected chi connectivity index (χ4v) is 3.67. The summed E-state index contributed by atoms with van der Waals surface area (Å²) in [5.74, 6) is -0.867. The average molecular weight is 403 g/mol. The van der Waals surface area contributed by atoms with Crippen LogP contribution in [0.15, 0.2) is 53.5 Å². The molecule has 28 heavy (non-hydrogen) atoms. The van der Waals surface area contributed by atoms with Crippen molar-refractivity contribution in [3.8, 4) is 11.1 Å². The Hall–Kier alpha value is -2.73.